The summed E-state index contributed by atoms with van der Waals surface area (Å²) in [7, 11) is 0. The molecule has 0 saturated heterocycles. The number of ether oxygens (including phenoxy) is 1. The highest BCUT2D eigenvalue weighted by Crippen LogP contribution is 2.23. The molecule has 1 aromatic carbocycles. The average molecular weight is 273 g/mol. The monoisotopic (exact) mass is 272 g/mol. The minimum Gasteiger partial charge on any atom is -0.481 e. The first kappa shape index (κ1) is 11.3. The van der Waals surface area contributed by atoms with Crippen LogP contribution in [0.15, 0.2) is 22.7 Å². The van der Waals surface area contributed by atoms with Crippen molar-refractivity contribution in [2.45, 2.75) is 6.18 Å². The molecule has 0 aliphatic carbocycles. The van der Waals surface area contributed by atoms with E-state index in [0.717, 1.165) is 12.1 Å². The Morgan fingerprint density at radius 3 is 2.43 bits per heavy atom. The third-order valence-electron chi connectivity index (χ3n) is 1.29. The van der Waals surface area contributed by atoms with Gasteiger partial charge in [0.15, 0.2) is 18.2 Å². The van der Waals surface area contributed by atoms with Crippen molar-refractivity contribution in [2.24, 2.45) is 0 Å². The second kappa shape index (κ2) is 4.16. The summed E-state index contributed by atoms with van der Waals surface area (Å²) in [5.41, 5.74) is 0. The smallest absolute Gasteiger partial charge is 0.422 e. The van der Waals surface area contributed by atoms with Crippen LogP contribution >= 0.6 is 15.9 Å². The first-order valence-electron chi connectivity index (χ1n) is 3.53. The summed E-state index contributed by atoms with van der Waals surface area (Å²) in [6.07, 6.45) is -4.46. The van der Waals surface area contributed by atoms with Crippen molar-refractivity contribution in [2.75, 3.05) is 6.61 Å². The van der Waals surface area contributed by atoms with Gasteiger partial charge in [-0.25, -0.2) is 4.39 Å². The molecule has 0 atom stereocenters. The van der Waals surface area contributed by atoms with Gasteiger partial charge in [-0.15, -0.1) is 0 Å². The Kier molecular flexibility index (Phi) is 3.36. The predicted octanol–water partition coefficient (Wildman–Crippen LogP) is 3.53. The Morgan fingerprint density at radius 2 is 1.93 bits per heavy atom. The molecular formula is C8H5BrF4O. The molecule has 0 fully saturated rings. The van der Waals surface area contributed by atoms with E-state index in [2.05, 4.69) is 20.7 Å². The Bertz CT molecular complexity index is 324. The maximum absolute atomic E-state index is 12.9. The quantitative estimate of drug-likeness (QED) is 0.749. The van der Waals surface area contributed by atoms with E-state index in [1.165, 1.54) is 6.07 Å². The fourth-order valence-corrected chi connectivity index (χ4v) is 1.08. The standard InChI is InChI=1S/C8H5BrF4O/c9-5-1-2-7(6(10)3-5)14-4-8(11,12)13/h1-3H,4H2. The van der Waals surface area contributed by atoms with E-state index in [1.54, 1.807) is 0 Å². The number of benzene rings is 1. The van der Waals surface area contributed by atoms with Gasteiger partial charge < -0.3 is 4.74 Å². The number of alkyl halides is 3. The first-order chi connectivity index (χ1) is 6.38. The molecule has 0 spiro atoms. The SMILES string of the molecule is Fc1cc(Br)ccc1OCC(F)(F)F. The van der Waals surface area contributed by atoms with E-state index in [9.17, 15) is 17.6 Å². The van der Waals surface area contributed by atoms with Gasteiger partial charge in [0, 0.05) is 4.47 Å². The second-order valence-corrected chi connectivity index (χ2v) is 3.39. The highest BCUT2D eigenvalue weighted by molar-refractivity contribution is 9.10. The molecule has 0 amide bonds. The zero-order valence-corrected chi connectivity index (χ0v) is 8.32. The molecule has 0 N–H and O–H groups in total. The lowest BCUT2D eigenvalue weighted by molar-refractivity contribution is -0.153. The summed E-state index contributed by atoms with van der Waals surface area (Å²) in [6.45, 7) is -1.49. The van der Waals surface area contributed by atoms with Crippen molar-refractivity contribution in [3.05, 3.63) is 28.5 Å². The number of rotatable bonds is 2. The van der Waals surface area contributed by atoms with Crippen LogP contribution < -0.4 is 4.74 Å². The van der Waals surface area contributed by atoms with Crippen LogP contribution in [0.1, 0.15) is 0 Å². The van der Waals surface area contributed by atoms with Gasteiger partial charge in [0.2, 0.25) is 0 Å². The summed E-state index contributed by atoms with van der Waals surface area (Å²) in [5, 5.41) is 0. The molecule has 0 radical (unpaired) electrons. The van der Waals surface area contributed by atoms with Crippen molar-refractivity contribution < 1.29 is 22.3 Å². The molecule has 6 heteroatoms. The minimum atomic E-state index is -4.46. The van der Waals surface area contributed by atoms with Gasteiger partial charge in [-0.2, -0.15) is 13.2 Å². The van der Waals surface area contributed by atoms with E-state index in [0.29, 0.717) is 4.47 Å². The lowest BCUT2D eigenvalue weighted by atomic mass is 10.3. The molecular weight excluding hydrogens is 268 g/mol. The molecule has 78 valence electrons. The highest BCUT2D eigenvalue weighted by Gasteiger charge is 2.28. The highest BCUT2D eigenvalue weighted by atomic mass is 79.9. The van der Waals surface area contributed by atoms with E-state index >= 15 is 0 Å². The third-order valence-corrected chi connectivity index (χ3v) is 1.78. The fourth-order valence-electron chi connectivity index (χ4n) is 0.752. The van der Waals surface area contributed by atoms with Crippen molar-refractivity contribution in [3.8, 4) is 5.75 Å². The van der Waals surface area contributed by atoms with Gasteiger partial charge in [0.1, 0.15) is 0 Å². The molecule has 0 unspecified atom stereocenters. The molecule has 0 heterocycles. The zero-order chi connectivity index (χ0) is 10.8. The van der Waals surface area contributed by atoms with Crippen LogP contribution in [-0.2, 0) is 0 Å². The Balaban J connectivity index is 2.68. The topological polar surface area (TPSA) is 9.23 Å². The van der Waals surface area contributed by atoms with Crippen LogP contribution in [0.5, 0.6) is 5.75 Å². The predicted molar refractivity (Wildman–Crippen MR) is 45.7 cm³/mol. The van der Waals surface area contributed by atoms with Gasteiger partial charge in [-0.1, -0.05) is 15.9 Å². The fraction of sp³-hybridized carbons (Fsp3) is 0.250. The zero-order valence-electron chi connectivity index (χ0n) is 6.74. The molecule has 1 aromatic rings. The third kappa shape index (κ3) is 3.53. The molecule has 0 aliphatic rings. The van der Waals surface area contributed by atoms with Crippen LogP contribution in [0.3, 0.4) is 0 Å². The Morgan fingerprint density at radius 1 is 1.29 bits per heavy atom. The summed E-state index contributed by atoms with van der Waals surface area (Å²) >= 11 is 2.97. The molecule has 1 rings (SSSR count). The number of halogens is 5. The van der Waals surface area contributed by atoms with Gasteiger partial charge in [-0.05, 0) is 18.2 Å². The van der Waals surface area contributed by atoms with Gasteiger partial charge in [0.25, 0.3) is 0 Å². The number of hydrogen-bond acceptors (Lipinski definition) is 1. The van der Waals surface area contributed by atoms with Crippen molar-refractivity contribution in [3.63, 3.8) is 0 Å². The molecule has 0 saturated carbocycles. The summed E-state index contributed by atoms with van der Waals surface area (Å²) in [5.74, 6) is -1.24. The first-order valence-corrected chi connectivity index (χ1v) is 4.32. The maximum atomic E-state index is 12.9. The van der Waals surface area contributed by atoms with E-state index in [-0.39, 0.29) is 0 Å². The molecule has 0 bridgehead atoms. The van der Waals surface area contributed by atoms with Crippen LogP contribution in [0.4, 0.5) is 17.6 Å². The number of hydrogen-bond donors (Lipinski definition) is 0. The Labute approximate surface area is 85.8 Å². The Hall–Kier alpha value is -0.780. The molecule has 0 aromatic heterocycles. The second-order valence-electron chi connectivity index (χ2n) is 2.48. The van der Waals surface area contributed by atoms with E-state index in [1.807, 2.05) is 0 Å². The molecule has 0 aliphatic heterocycles. The van der Waals surface area contributed by atoms with E-state index < -0.39 is 24.3 Å². The van der Waals surface area contributed by atoms with Crippen LogP contribution in [0, 0.1) is 5.82 Å². The molecule has 14 heavy (non-hydrogen) atoms. The lowest BCUT2D eigenvalue weighted by Crippen LogP contribution is -2.19. The van der Waals surface area contributed by atoms with Crippen molar-refractivity contribution in [1.82, 2.24) is 0 Å². The molecule has 1 nitrogen and oxygen atoms in total. The largest absolute Gasteiger partial charge is 0.481 e. The van der Waals surface area contributed by atoms with Crippen LogP contribution in [0.2, 0.25) is 0 Å². The van der Waals surface area contributed by atoms with Gasteiger partial charge in [0.05, 0.1) is 0 Å². The van der Waals surface area contributed by atoms with E-state index in [4.69, 9.17) is 0 Å². The minimum absolute atomic E-state index is 0.412. The average Bonchev–Trinajstić information content (AvgIpc) is 2.00. The van der Waals surface area contributed by atoms with Gasteiger partial charge in [-0.3, -0.25) is 0 Å². The van der Waals surface area contributed by atoms with Crippen molar-refractivity contribution in [1.29, 1.82) is 0 Å². The normalized spacial score (nSPS) is 11.5. The van der Waals surface area contributed by atoms with Crippen molar-refractivity contribution >= 4 is 15.9 Å². The van der Waals surface area contributed by atoms with Crippen LogP contribution in [-0.4, -0.2) is 12.8 Å². The van der Waals surface area contributed by atoms with Crippen LogP contribution in [0.25, 0.3) is 0 Å². The summed E-state index contributed by atoms with van der Waals surface area (Å²) in [4.78, 5) is 0. The van der Waals surface area contributed by atoms with Gasteiger partial charge >= 0.3 is 6.18 Å². The summed E-state index contributed by atoms with van der Waals surface area (Å²) < 4.78 is 52.7. The summed E-state index contributed by atoms with van der Waals surface area (Å²) in [6, 6.07) is 3.56. The maximum Gasteiger partial charge on any atom is 0.422 e. The lowest BCUT2D eigenvalue weighted by Gasteiger charge is -2.09.